The van der Waals surface area contributed by atoms with Crippen LogP contribution in [0.25, 0.3) is 0 Å². The summed E-state index contributed by atoms with van der Waals surface area (Å²) in [6, 6.07) is 0. The maximum absolute atomic E-state index is 5.32. The minimum absolute atomic E-state index is 0.570. The van der Waals surface area contributed by atoms with Crippen molar-refractivity contribution >= 4 is 12.6 Å². The molecule has 0 heterocycles. The summed E-state index contributed by atoms with van der Waals surface area (Å²) in [5.74, 6) is 4.92. The lowest BCUT2D eigenvalue weighted by molar-refractivity contribution is 0.135. The number of hydrogen-bond donors (Lipinski definition) is 1. The molecular weight excluding hydrogens is 336 g/mol. The summed E-state index contributed by atoms with van der Waals surface area (Å²) in [6.45, 7) is 13.1. The van der Waals surface area contributed by atoms with E-state index in [0.717, 1.165) is 42.1 Å². The van der Waals surface area contributed by atoms with E-state index in [1.54, 1.807) is 0 Å². The van der Waals surface area contributed by atoms with Gasteiger partial charge < -0.3 is 4.74 Å². The van der Waals surface area contributed by atoms with Crippen molar-refractivity contribution in [1.82, 2.24) is 0 Å². The number of thiol groups is 1. The third kappa shape index (κ3) is 8.13. The summed E-state index contributed by atoms with van der Waals surface area (Å²) >= 11 is 5.04. The summed E-state index contributed by atoms with van der Waals surface area (Å²) in [5.41, 5.74) is 0. The SMILES string of the molecule is CCC(S)C(CC1CCCCC1)[C@H](C)[C@@H](C)CC(CC)[C@H](C)CCOC. The zero-order chi connectivity index (χ0) is 19.5. The van der Waals surface area contributed by atoms with Crippen molar-refractivity contribution in [1.29, 1.82) is 0 Å². The van der Waals surface area contributed by atoms with E-state index in [4.69, 9.17) is 17.4 Å². The first-order chi connectivity index (χ1) is 12.4. The van der Waals surface area contributed by atoms with E-state index in [-0.39, 0.29) is 0 Å². The van der Waals surface area contributed by atoms with Crippen LogP contribution in [0.2, 0.25) is 0 Å². The second-order valence-electron chi connectivity index (χ2n) is 9.38. The highest BCUT2D eigenvalue weighted by Crippen LogP contribution is 2.40. The van der Waals surface area contributed by atoms with Crippen molar-refractivity contribution < 1.29 is 4.74 Å². The molecule has 6 atom stereocenters. The smallest absolute Gasteiger partial charge is 0.0464 e. The highest BCUT2D eigenvalue weighted by atomic mass is 32.1. The Morgan fingerprint density at radius 1 is 0.962 bits per heavy atom. The van der Waals surface area contributed by atoms with E-state index >= 15 is 0 Å². The molecule has 1 rings (SSSR count). The fourth-order valence-electron chi connectivity index (χ4n) is 5.29. The highest BCUT2D eigenvalue weighted by molar-refractivity contribution is 7.81. The molecule has 3 unspecified atom stereocenters. The summed E-state index contributed by atoms with van der Waals surface area (Å²) in [7, 11) is 1.83. The summed E-state index contributed by atoms with van der Waals surface area (Å²) in [5, 5.41) is 0.570. The average molecular weight is 385 g/mol. The van der Waals surface area contributed by atoms with Crippen LogP contribution in [-0.4, -0.2) is 19.0 Å². The van der Waals surface area contributed by atoms with Crippen LogP contribution >= 0.6 is 12.6 Å². The van der Waals surface area contributed by atoms with Gasteiger partial charge >= 0.3 is 0 Å². The quantitative estimate of drug-likeness (QED) is 0.321. The van der Waals surface area contributed by atoms with Crippen LogP contribution in [0.3, 0.4) is 0 Å². The molecule has 2 heteroatoms. The van der Waals surface area contributed by atoms with Crippen molar-refractivity contribution in [3.8, 4) is 0 Å². The Bertz CT molecular complexity index is 339. The van der Waals surface area contributed by atoms with Crippen molar-refractivity contribution in [2.45, 2.75) is 104 Å². The first-order valence-corrected chi connectivity index (χ1v) is 12.1. The number of ether oxygens (including phenoxy) is 1. The predicted molar refractivity (Wildman–Crippen MR) is 120 cm³/mol. The predicted octanol–water partition coefficient (Wildman–Crippen LogP) is 7.64. The van der Waals surface area contributed by atoms with E-state index in [9.17, 15) is 0 Å². The molecule has 1 nitrogen and oxygen atoms in total. The third-order valence-corrected chi connectivity index (χ3v) is 8.34. The van der Waals surface area contributed by atoms with E-state index in [0.29, 0.717) is 5.25 Å². The number of hydrogen-bond acceptors (Lipinski definition) is 2. The molecule has 1 aliphatic rings. The molecule has 1 saturated carbocycles. The molecule has 0 amide bonds. The van der Waals surface area contributed by atoms with Crippen LogP contribution in [0, 0.1) is 35.5 Å². The minimum Gasteiger partial charge on any atom is -0.385 e. The molecule has 26 heavy (non-hydrogen) atoms. The molecule has 0 radical (unpaired) electrons. The lowest BCUT2D eigenvalue weighted by Crippen LogP contribution is -2.31. The molecule has 156 valence electrons. The molecule has 0 saturated heterocycles. The lowest BCUT2D eigenvalue weighted by atomic mass is 9.70. The molecule has 0 aromatic rings. The first kappa shape index (κ1) is 24.3. The lowest BCUT2D eigenvalue weighted by Gasteiger charge is -2.38. The van der Waals surface area contributed by atoms with E-state index < -0.39 is 0 Å². The van der Waals surface area contributed by atoms with Gasteiger partial charge in [0.1, 0.15) is 0 Å². The largest absolute Gasteiger partial charge is 0.385 e. The fourth-order valence-corrected chi connectivity index (χ4v) is 5.68. The first-order valence-electron chi connectivity index (χ1n) is 11.6. The zero-order valence-electron chi connectivity index (χ0n) is 18.7. The van der Waals surface area contributed by atoms with Gasteiger partial charge in [-0.25, -0.2) is 0 Å². The van der Waals surface area contributed by atoms with Gasteiger partial charge in [0.05, 0.1) is 0 Å². The Morgan fingerprint density at radius 3 is 2.15 bits per heavy atom. The van der Waals surface area contributed by atoms with Gasteiger partial charge in [0, 0.05) is 19.0 Å². The number of methoxy groups -OCH3 is 1. The van der Waals surface area contributed by atoms with Crippen LogP contribution in [0.15, 0.2) is 0 Å². The van der Waals surface area contributed by atoms with Gasteiger partial charge in [-0.2, -0.15) is 12.6 Å². The molecule has 0 aliphatic heterocycles. The van der Waals surface area contributed by atoms with Crippen molar-refractivity contribution in [2.24, 2.45) is 35.5 Å². The second kappa shape index (κ2) is 13.5. The highest BCUT2D eigenvalue weighted by Gasteiger charge is 2.31. The van der Waals surface area contributed by atoms with Gasteiger partial charge in [-0.05, 0) is 61.2 Å². The zero-order valence-corrected chi connectivity index (χ0v) is 19.6. The molecule has 0 bridgehead atoms. The van der Waals surface area contributed by atoms with Gasteiger partial charge in [-0.15, -0.1) is 0 Å². The van der Waals surface area contributed by atoms with E-state index in [1.807, 2.05) is 7.11 Å². The van der Waals surface area contributed by atoms with Crippen LogP contribution in [0.1, 0.15) is 98.8 Å². The normalized spacial score (nSPS) is 23.2. The molecule has 1 fully saturated rings. The minimum atomic E-state index is 0.570. The Balaban J connectivity index is 2.66. The maximum Gasteiger partial charge on any atom is 0.0464 e. The van der Waals surface area contributed by atoms with Crippen LogP contribution in [0.4, 0.5) is 0 Å². The third-order valence-electron chi connectivity index (χ3n) is 7.60. The van der Waals surface area contributed by atoms with E-state index in [2.05, 4.69) is 34.6 Å². The Kier molecular flexibility index (Phi) is 12.6. The monoisotopic (exact) mass is 384 g/mol. The summed E-state index contributed by atoms with van der Waals surface area (Å²) in [6.07, 6.45) is 13.8. The molecule has 0 spiro atoms. The van der Waals surface area contributed by atoms with Crippen LogP contribution in [0.5, 0.6) is 0 Å². The Labute approximate surface area is 170 Å². The molecular formula is C24H48OS. The Morgan fingerprint density at radius 2 is 1.62 bits per heavy atom. The molecule has 0 N–H and O–H groups in total. The fraction of sp³-hybridized carbons (Fsp3) is 1.00. The standard InChI is InChI=1S/C24H48OS/c1-7-22(18(3)14-15-25-6)16-19(4)20(5)23(24(26)8-2)17-21-12-10-9-11-13-21/h18-24,26H,7-17H2,1-6H3/t18-,19+,20-,22?,23?,24?/m1/s1. The second-order valence-corrected chi connectivity index (χ2v) is 10.0. The van der Waals surface area contributed by atoms with Gasteiger partial charge in [-0.3, -0.25) is 0 Å². The van der Waals surface area contributed by atoms with Crippen molar-refractivity contribution in [3.63, 3.8) is 0 Å². The summed E-state index contributed by atoms with van der Waals surface area (Å²) < 4.78 is 5.32. The van der Waals surface area contributed by atoms with Gasteiger partial charge in [0.25, 0.3) is 0 Å². The topological polar surface area (TPSA) is 9.23 Å². The van der Waals surface area contributed by atoms with E-state index in [1.165, 1.54) is 64.2 Å². The van der Waals surface area contributed by atoms with Crippen molar-refractivity contribution in [3.05, 3.63) is 0 Å². The van der Waals surface area contributed by atoms with Gasteiger partial charge in [-0.1, -0.05) is 73.1 Å². The Hall–Kier alpha value is 0.310. The van der Waals surface area contributed by atoms with Crippen LogP contribution < -0.4 is 0 Å². The number of rotatable bonds is 13. The molecule has 0 aromatic heterocycles. The summed E-state index contributed by atoms with van der Waals surface area (Å²) in [4.78, 5) is 0. The average Bonchev–Trinajstić information content (AvgIpc) is 2.67. The van der Waals surface area contributed by atoms with Gasteiger partial charge in [0.2, 0.25) is 0 Å². The van der Waals surface area contributed by atoms with Crippen molar-refractivity contribution in [2.75, 3.05) is 13.7 Å². The van der Waals surface area contributed by atoms with Gasteiger partial charge in [0.15, 0.2) is 0 Å². The maximum atomic E-state index is 5.32. The molecule has 0 aromatic carbocycles. The van der Waals surface area contributed by atoms with Crippen LogP contribution in [-0.2, 0) is 4.74 Å². The molecule has 1 aliphatic carbocycles.